The van der Waals surface area contributed by atoms with Crippen molar-refractivity contribution in [2.24, 2.45) is 7.05 Å². The van der Waals surface area contributed by atoms with E-state index in [0.29, 0.717) is 37.6 Å². The lowest BCUT2D eigenvalue weighted by atomic mass is 10.3. The maximum absolute atomic E-state index is 12.7. The maximum atomic E-state index is 12.7. The van der Waals surface area contributed by atoms with Crippen molar-refractivity contribution in [3.63, 3.8) is 0 Å². The summed E-state index contributed by atoms with van der Waals surface area (Å²) in [5.74, 6) is 1.11. The van der Waals surface area contributed by atoms with Gasteiger partial charge >= 0.3 is 0 Å². The molecule has 10 heteroatoms. The van der Waals surface area contributed by atoms with Gasteiger partial charge in [0.1, 0.15) is 16.4 Å². The van der Waals surface area contributed by atoms with Crippen molar-refractivity contribution in [1.82, 2.24) is 19.0 Å². The number of rotatable bonds is 6. The van der Waals surface area contributed by atoms with Gasteiger partial charge in [-0.25, -0.2) is 8.42 Å². The number of carbonyl (C=O) groups is 1. The quantitative estimate of drug-likeness (QED) is 0.700. The molecule has 1 aromatic heterocycles. The molecule has 0 radical (unpaired) electrons. The highest BCUT2D eigenvalue weighted by Gasteiger charge is 2.29. The number of aryl methyl sites for hydroxylation is 1. The molecule has 0 spiro atoms. The number of hydrogen-bond acceptors (Lipinski definition) is 6. The van der Waals surface area contributed by atoms with Gasteiger partial charge in [-0.2, -0.15) is 9.40 Å². The summed E-state index contributed by atoms with van der Waals surface area (Å²) < 4.78 is 38.9. The molecule has 1 aliphatic rings. The van der Waals surface area contributed by atoms with Gasteiger partial charge in [0.2, 0.25) is 10.0 Å². The molecule has 0 bridgehead atoms. The van der Waals surface area contributed by atoms with E-state index in [0.717, 1.165) is 0 Å². The van der Waals surface area contributed by atoms with Gasteiger partial charge in [-0.3, -0.25) is 9.48 Å². The highest BCUT2D eigenvalue weighted by atomic mass is 32.2. The second-order valence-electron chi connectivity index (χ2n) is 6.45. The molecule has 152 valence electrons. The van der Waals surface area contributed by atoms with Gasteiger partial charge in [0.15, 0.2) is 6.61 Å². The van der Waals surface area contributed by atoms with Crippen LogP contribution in [0.3, 0.4) is 0 Å². The Bertz CT molecular complexity index is 910. The molecule has 1 amide bonds. The van der Waals surface area contributed by atoms with E-state index in [1.165, 1.54) is 21.4 Å². The lowest BCUT2D eigenvalue weighted by molar-refractivity contribution is -0.133. The molecule has 0 unspecified atom stereocenters. The number of benzene rings is 1. The summed E-state index contributed by atoms with van der Waals surface area (Å²) in [5.41, 5.74) is 0. The molecule has 2 aromatic rings. The van der Waals surface area contributed by atoms with E-state index >= 15 is 0 Å². The first kappa shape index (κ1) is 20.2. The van der Waals surface area contributed by atoms with E-state index in [-0.39, 0.29) is 24.0 Å². The average molecular weight is 408 g/mol. The Hall–Kier alpha value is -2.59. The Labute approximate surface area is 164 Å². The van der Waals surface area contributed by atoms with Gasteiger partial charge in [-0.15, -0.1) is 0 Å². The summed E-state index contributed by atoms with van der Waals surface area (Å²) in [6.45, 7) is 1.32. The number of ether oxygens (including phenoxy) is 2. The highest BCUT2D eigenvalue weighted by Crippen LogP contribution is 2.18. The molecule has 0 aliphatic carbocycles. The smallest absolute Gasteiger partial charge is 0.260 e. The summed E-state index contributed by atoms with van der Waals surface area (Å²) in [5, 5.41) is 3.93. The van der Waals surface area contributed by atoms with Gasteiger partial charge in [0, 0.05) is 39.4 Å². The van der Waals surface area contributed by atoms with Crippen LogP contribution in [0.5, 0.6) is 11.5 Å². The first-order chi connectivity index (χ1) is 13.4. The minimum atomic E-state index is -3.61. The van der Waals surface area contributed by atoms with E-state index in [1.54, 1.807) is 43.3 Å². The third-order valence-electron chi connectivity index (χ3n) is 4.55. The van der Waals surface area contributed by atoms with Crippen LogP contribution in [-0.4, -0.2) is 73.2 Å². The lowest BCUT2D eigenvalue weighted by Crippen LogP contribution is -2.39. The third-order valence-corrected chi connectivity index (χ3v) is 6.40. The van der Waals surface area contributed by atoms with E-state index in [1.807, 2.05) is 0 Å². The Balaban J connectivity index is 1.56. The van der Waals surface area contributed by atoms with E-state index < -0.39 is 10.0 Å². The molecular formula is C18H24N4O5S. The van der Waals surface area contributed by atoms with Crippen LogP contribution in [0, 0.1) is 0 Å². The normalized spacial score (nSPS) is 15.9. The van der Waals surface area contributed by atoms with Crippen molar-refractivity contribution in [2.75, 3.05) is 39.9 Å². The number of sulfonamides is 1. The predicted octanol–water partition coefficient (Wildman–Crippen LogP) is 0.731. The van der Waals surface area contributed by atoms with Crippen molar-refractivity contribution in [2.45, 2.75) is 11.3 Å². The minimum absolute atomic E-state index is 0.0956. The Morgan fingerprint density at radius 3 is 2.46 bits per heavy atom. The fourth-order valence-corrected chi connectivity index (χ4v) is 4.43. The van der Waals surface area contributed by atoms with Crippen LogP contribution in [-0.2, 0) is 21.9 Å². The van der Waals surface area contributed by atoms with E-state index in [2.05, 4.69) is 5.10 Å². The van der Waals surface area contributed by atoms with Crippen LogP contribution in [0.1, 0.15) is 6.42 Å². The Morgan fingerprint density at radius 1 is 1.11 bits per heavy atom. The molecule has 0 saturated carbocycles. The minimum Gasteiger partial charge on any atom is -0.497 e. The van der Waals surface area contributed by atoms with E-state index in [9.17, 15) is 13.2 Å². The molecule has 1 saturated heterocycles. The molecule has 1 aliphatic heterocycles. The summed E-state index contributed by atoms with van der Waals surface area (Å²) in [6, 6.07) is 6.98. The van der Waals surface area contributed by atoms with Crippen LogP contribution in [0.4, 0.5) is 0 Å². The number of methoxy groups -OCH3 is 1. The van der Waals surface area contributed by atoms with Crippen LogP contribution < -0.4 is 9.47 Å². The monoisotopic (exact) mass is 408 g/mol. The standard InChI is InChI=1S/C18H24N4O5S/c1-20-13-17(12-19-20)28(24,25)22-9-3-8-21(10-11-22)18(23)14-27-16-6-4-15(26-2)5-7-16/h4-7,12-13H,3,8-11,14H2,1-2H3. The van der Waals surface area contributed by atoms with Gasteiger partial charge in [0.25, 0.3) is 5.91 Å². The van der Waals surface area contributed by atoms with Crippen LogP contribution in [0.25, 0.3) is 0 Å². The first-order valence-electron chi connectivity index (χ1n) is 8.93. The third kappa shape index (κ3) is 4.63. The van der Waals surface area contributed by atoms with Crippen molar-refractivity contribution < 1.29 is 22.7 Å². The van der Waals surface area contributed by atoms with Crippen molar-refractivity contribution in [3.8, 4) is 11.5 Å². The Morgan fingerprint density at radius 2 is 1.82 bits per heavy atom. The first-order valence-corrected chi connectivity index (χ1v) is 10.4. The fraction of sp³-hybridized carbons (Fsp3) is 0.444. The van der Waals surface area contributed by atoms with Crippen LogP contribution in [0.15, 0.2) is 41.6 Å². The Kier molecular flexibility index (Phi) is 6.20. The molecule has 1 aromatic carbocycles. The van der Waals surface area contributed by atoms with Gasteiger partial charge in [-0.05, 0) is 30.7 Å². The molecule has 28 heavy (non-hydrogen) atoms. The topological polar surface area (TPSA) is 94.0 Å². The molecule has 9 nitrogen and oxygen atoms in total. The van der Waals surface area contributed by atoms with Crippen LogP contribution >= 0.6 is 0 Å². The molecule has 0 N–H and O–H groups in total. The number of hydrogen-bond donors (Lipinski definition) is 0. The van der Waals surface area contributed by atoms with Crippen molar-refractivity contribution in [1.29, 1.82) is 0 Å². The van der Waals surface area contributed by atoms with Gasteiger partial charge < -0.3 is 14.4 Å². The van der Waals surface area contributed by atoms with Gasteiger partial charge in [0.05, 0.1) is 13.3 Å². The van der Waals surface area contributed by atoms with Gasteiger partial charge in [-0.1, -0.05) is 0 Å². The van der Waals surface area contributed by atoms with Crippen LogP contribution in [0.2, 0.25) is 0 Å². The maximum Gasteiger partial charge on any atom is 0.260 e. The number of nitrogens with zero attached hydrogens (tertiary/aromatic N) is 4. The molecule has 0 atom stereocenters. The molecule has 3 rings (SSSR count). The zero-order chi connectivity index (χ0) is 20.1. The molecular weight excluding hydrogens is 384 g/mol. The predicted molar refractivity (Wildman–Crippen MR) is 102 cm³/mol. The lowest BCUT2D eigenvalue weighted by Gasteiger charge is -2.21. The molecule has 1 fully saturated rings. The highest BCUT2D eigenvalue weighted by molar-refractivity contribution is 7.89. The summed E-state index contributed by atoms with van der Waals surface area (Å²) in [7, 11) is -0.355. The second kappa shape index (κ2) is 8.61. The molecule has 2 heterocycles. The summed E-state index contributed by atoms with van der Waals surface area (Å²) in [6.07, 6.45) is 3.38. The number of amides is 1. The largest absolute Gasteiger partial charge is 0.497 e. The average Bonchev–Trinajstić information content (AvgIpc) is 2.99. The number of carbonyl (C=O) groups excluding carboxylic acids is 1. The second-order valence-corrected chi connectivity index (χ2v) is 8.39. The summed E-state index contributed by atoms with van der Waals surface area (Å²) in [4.78, 5) is 14.3. The summed E-state index contributed by atoms with van der Waals surface area (Å²) >= 11 is 0. The number of aromatic nitrogens is 2. The van der Waals surface area contributed by atoms with Crippen molar-refractivity contribution >= 4 is 15.9 Å². The van der Waals surface area contributed by atoms with E-state index in [4.69, 9.17) is 9.47 Å². The van der Waals surface area contributed by atoms with Crippen molar-refractivity contribution in [3.05, 3.63) is 36.7 Å². The zero-order valence-corrected chi connectivity index (χ0v) is 16.8. The SMILES string of the molecule is COc1ccc(OCC(=O)N2CCCN(S(=O)(=O)c3cnn(C)c3)CC2)cc1. The zero-order valence-electron chi connectivity index (χ0n) is 15.9. The fourth-order valence-electron chi connectivity index (χ4n) is 2.97.